The van der Waals surface area contributed by atoms with Crippen molar-refractivity contribution in [3.05, 3.63) is 172 Å². The molecule has 52 heavy (non-hydrogen) atoms. The summed E-state index contributed by atoms with van der Waals surface area (Å²) in [5, 5.41) is 0. The van der Waals surface area contributed by atoms with Gasteiger partial charge >= 0.3 is 0 Å². The molecule has 5 atom stereocenters. The van der Waals surface area contributed by atoms with Crippen LogP contribution in [0.2, 0.25) is 0 Å². The molecule has 0 saturated carbocycles. The number of rotatable bonds is 14. The number of hydrogen-bond donors (Lipinski definition) is 0. The third-order valence-electron chi connectivity index (χ3n) is 9.43. The largest absolute Gasteiger partial charge is 0.374 e. The molecule has 5 aromatic rings. The first-order valence-corrected chi connectivity index (χ1v) is 18.9. The summed E-state index contributed by atoms with van der Waals surface area (Å²) in [5.74, 6) is 5.09. The molecule has 1 spiro atoms. The van der Waals surface area contributed by atoms with Crippen LogP contribution >= 0.6 is 11.8 Å². The Bertz CT molecular complexity index is 1930. The molecular formula is C45H44O6S. The Morgan fingerprint density at radius 3 is 1.73 bits per heavy atom. The topological polar surface area (TPSA) is 55.4 Å². The first-order valence-electron chi connectivity index (χ1n) is 17.7. The molecule has 2 aliphatic rings. The molecule has 0 amide bonds. The molecule has 2 aliphatic heterocycles. The van der Waals surface area contributed by atoms with Crippen molar-refractivity contribution in [1.82, 2.24) is 0 Å². The monoisotopic (exact) mass is 712 g/mol. The van der Waals surface area contributed by atoms with Crippen LogP contribution in [-0.4, -0.2) is 37.3 Å². The predicted molar refractivity (Wildman–Crippen MR) is 203 cm³/mol. The molecule has 6 nitrogen and oxygen atoms in total. The lowest BCUT2D eigenvalue weighted by molar-refractivity contribution is -0.387. The second-order valence-electron chi connectivity index (χ2n) is 12.9. The zero-order valence-corrected chi connectivity index (χ0v) is 30.4. The maximum absolute atomic E-state index is 7.26. The molecule has 7 heteroatoms. The van der Waals surface area contributed by atoms with Gasteiger partial charge in [-0.25, -0.2) is 0 Å². The lowest BCUT2D eigenvalue weighted by Crippen LogP contribution is -2.65. The maximum atomic E-state index is 7.26. The summed E-state index contributed by atoms with van der Waals surface area (Å²) in [5.41, 5.74) is 7.04. The summed E-state index contributed by atoms with van der Waals surface area (Å²) in [6, 6.07) is 44.9. The quantitative estimate of drug-likeness (QED) is 0.0843. The summed E-state index contributed by atoms with van der Waals surface area (Å²) in [7, 11) is 0. The fourth-order valence-corrected chi connectivity index (χ4v) is 7.49. The lowest BCUT2D eigenvalue weighted by atomic mass is 9.86. The minimum absolute atomic E-state index is 0.246. The van der Waals surface area contributed by atoms with Crippen LogP contribution in [0.4, 0.5) is 0 Å². The third kappa shape index (κ3) is 8.36. The van der Waals surface area contributed by atoms with E-state index in [-0.39, 0.29) is 6.61 Å². The number of thioether (sulfide) groups is 1. The molecule has 5 aromatic carbocycles. The SMILES string of the molecule is CC#Cc1cc2c(cc1SC)CO[C@]21O[C@H](COCc2ccccc2)[C@@H](OCc2ccccc2)[C@H](OCc2ccccc2)[C@H]1OCc1ccccc1. The zero-order chi connectivity index (χ0) is 35.6. The molecule has 0 bridgehead atoms. The third-order valence-corrected chi connectivity index (χ3v) is 10.2. The fraction of sp³-hybridized carbons (Fsp3) is 0.289. The molecule has 1 saturated heterocycles. The Morgan fingerprint density at radius 1 is 0.673 bits per heavy atom. The highest BCUT2D eigenvalue weighted by Gasteiger charge is 2.61. The Morgan fingerprint density at radius 2 is 1.19 bits per heavy atom. The van der Waals surface area contributed by atoms with Crippen LogP contribution in [0, 0.1) is 11.8 Å². The fourth-order valence-electron chi connectivity index (χ4n) is 6.90. The Labute approximate surface area is 311 Å². The normalized spacial score (nSPS) is 22.1. The van der Waals surface area contributed by atoms with Gasteiger partial charge in [-0.1, -0.05) is 127 Å². The minimum atomic E-state index is -1.32. The van der Waals surface area contributed by atoms with Crippen LogP contribution < -0.4 is 0 Å². The first kappa shape index (κ1) is 36.1. The first-order chi connectivity index (χ1) is 25.7. The molecule has 0 unspecified atom stereocenters. The number of benzene rings is 5. The standard InChI is InChI=1S/C45H44O6S/c1-3-16-37-25-39-38(26-41(37)52-2)31-50-45(39)44(49-30-36-23-14-7-15-24-36)43(48-29-35-21-12-6-13-22-35)42(47-28-34-19-10-5-11-20-34)40(51-45)32-46-27-33-17-8-4-9-18-33/h4-15,17-26,40,42-44H,27-32H2,1-2H3/t40-,42-,43+,44-,45+/m1/s1. The van der Waals surface area contributed by atoms with E-state index in [0.717, 1.165) is 43.8 Å². The molecule has 266 valence electrons. The van der Waals surface area contributed by atoms with Crippen LogP contribution in [0.15, 0.2) is 138 Å². The minimum Gasteiger partial charge on any atom is -0.374 e. The summed E-state index contributed by atoms with van der Waals surface area (Å²) >= 11 is 1.67. The van der Waals surface area contributed by atoms with E-state index in [4.69, 9.17) is 28.4 Å². The molecule has 0 aromatic heterocycles. The van der Waals surface area contributed by atoms with Crippen molar-refractivity contribution in [2.45, 2.75) is 75.1 Å². The molecule has 7 rings (SSSR count). The summed E-state index contributed by atoms with van der Waals surface area (Å²) in [6.07, 6.45) is -0.403. The summed E-state index contributed by atoms with van der Waals surface area (Å²) in [6.45, 7) is 3.91. The van der Waals surface area contributed by atoms with Gasteiger partial charge in [-0.2, -0.15) is 0 Å². The average Bonchev–Trinajstić information content (AvgIpc) is 3.54. The van der Waals surface area contributed by atoms with E-state index in [0.29, 0.717) is 33.0 Å². The second-order valence-corrected chi connectivity index (χ2v) is 13.8. The van der Waals surface area contributed by atoms with E-state index < -0.39 is 30.2 Å². The van der Waals surface area contributed by atoms with Gasteiger partial charge in [0.25, 0.3) is 0 Å². The van der Waals surface area contributed by atoms with Crippen LogP contribution in [0.5, 0.6) is 0 Å². The Balaban J connectivity index is 1.32. The zero-order valence-electron chi connectivity index (χ0n) is 29.6. The maximum Gasteiger partial charge on any atom is 0.226 e. The van der Waals surface area contributed by atoms with Crippen molar-refractivity contribution in [3.63, 3.8) is 0 Å². The highest BCUT2D eigenvalue weighted by molar-refractivity contribution is 7.98. The molecule has 1 fully saturated rings. The van der Waals surface area contributed by atoms with Crippen molar-refractivity contribution in [2.75, 3.05) is 12.9 Å². The predicted octanol–water partition coefficient (Wildman–Crippen LogP) is 8.83. The second kappa shape index (κ2) is 17.5. The Hall–Kier alpha value is -4.23. The molecule has 2 heterocycles. The van der Waals surface area contributed by atoms with Gasteiger partial charge < -0.3 is 28.4 Å². The van der Waals surface area contributed by atoms with E-state index in [9.17, 15) is 0 Å². The highest BCUT2D eigenvalue weighted by Crippen LogP contribution is 2.50. The summed E-state index contributed by atoms with van der Waals surface area (Å²) < 4.78 is 41.4. The van der Waals surface area contributed by atoms with Gasteiger partial charge in [-0.15, -0.1) is 17.7 Å². The lowest BCUT2D eigenvalue weighted by Gasteiger charge is -2.51. The van der Waals surface area contributed by atoms with E-state index in [1.54, 1.807) is 11.8 Å². The van der Waals surface area contributed by atoms with Gasteiger partial charge in [0.2, 0.25) is 5.79 Å². The van der Waals surface area contributed by atoms with Gasteiger partial charge in [-0.3, -0.25) is 0 Å². The molecular weight excluding hydrogens is 669 g/mol. The van der Waals surface area contributed by atoms with Crippen molar-refractivity contribution >= 4 is 11.8 Å². The van der Waals surface area contributed by atoms with Gasteiger partial charge in [-0.05, 0) is 53.1 Å². The number of ether oxygens (including phenoxy) is 6. The van der Waals surface area contributed by atoms with Crippen molar-refractivity contribution in [3.8, 4) is 11.8 Å². The number of hydrogen-bond acceptors (Lipinski definition) is 7. The van der Waals surface area contributed by atoms with Gasteiger partial charge in [0.05, 0.1) is 39.6 Å². The van der Waals surface area contributed by atoms with Crippen LogP contribution in [-0.2, 0) is 67.2 Å². The van der Waals surface area contributed by atoms with Crippen molar-refractivity contribution in [2.24, 2.45) is 0 Å². The summed E-state index contributed by atoms with van der Waals surface area (Å²) in [4.78, 5) is 1.09. The molecule has 0 aliphatic carbocycles. The smallest absolute Gasteiger partial charge is 0.226 e. The average molecular weight is 713 g/mol. The van der Waals surface area contributed by atoms with Gasteiger partial charge in [0.1, 0.15) is 24.4 Å². The molecule has 0 N–H and O–H groups in total. The van der Waals surface area contributed by atoms with Crippen molar-refractivity contribution in [1.29, 1.82) is 0 Å². The Kier molecular flexibility index (Phi) is 12.2. The van der Waals surface area contributed by atoms with Gasteiger partial charge in [0, 0.05) is 16.0 Å². The number of fused-ring (bicyclic) bond motifs is 2. The van der Waals surface area contributed by atoms with E-state index >= 15 is 0 Å². The van der Waals surface area contributed by atoms with Crippen LogP contribution in [0.3, 0.4) is 0 Å². The van der Waals surface area contributed by atoms with Crippen molar-refractivity contribution < 1.29 is 28.4 Å². The van der Waals surface area contributed by atoms with Gasteiger partial charge in [0.15, 0.2) is 0 Å². The van der Waals surface area contributed by atoms with Crippen LogP contribution in [0.1, 0.15) is 45.9 Å². The highest BCUT2D eigenvalue weighted by atomic mass is 32.2. The molecule has 0 radical (unpaired) electrons. The van der Waals surface area contributed by atoms with E-state index in [1.165, 1.54) is 0 Å². The van der Waals surface area contributed by atoms with Crippen LogP contribution in [0.25, 0.3) is 0 Å². The van der Waals surface area contributed by atoms with E-state index in [2.05, 4.69) is 78.8 Å². The van der Waals surface area contributed by atoms with E-state index in [1.807, 2.05) is 79.7 Å².